The van der Waals surface area contributed by atoms with E-state index in [1.807, 2.05) is 12.1 Å². The van der Waals surface area contributed by atoms with Crippen LogP contribution >= 0.6 is 12.4 Å². The highest BCUT2D eigenvalue weighted by Crippen LogP contribution is 2.33. The lowest BCUT2D eigenvalue weighted by molar-refractivity contribution is -0.121. The van der Waals surface area contributed by atoms with Gasteiger partial charge in [-0.15, -0.1) is 19.0 Å². The molecule has 0 saturated carbocycles. The average molecular weight is 338 g/mol. The number of piperazine rings is 1. The third kappa shape index (κ3) is 2.92. The van der Waals surface area contributed by atoms with Crippen LogP contribution in [0.3, 0.4) is 0 Å². The van der Waals surface area contributed by atoms with Gasteiger partial charge in [0.2, 0.25) is 0 Å². The zero-order valence-corrected chi connectivity index (χ0v) is 13.8. The fraction of sp³-hybridized carbons (Fsp3) is 0.375. The van der Waals surface area contributed by atoms with E-state index < -0.39 is 6.04 Å². The Morgan fingerprint density at radius 3 is 2.74 bits per heavy atom. The second-order valence-corrected chi connectivity index (χ2v) is 5.39. The smallest absolute Gasteiger partial charge is 0.332 e. The Kier molecular flexibility index (Phi) is 5.28. The zero-order chi connectivity index (χ0) is 15.7. The number of ether oxygens (including phenoxy) is 1. The molecule has 6 nitrogen and oxygen atoms in total. The van der Waals surface area contributed by atoms with Crippen molar-refractivity contribution in [2.45, 2.75) is 6.04 Å². The first-order chi connectivity index (χ1) is 10.7. The monoisotopic (exact) mass is 337 g/mol. The molecule has 1 unspecified atom stereocenters. The molecule has 124 valence electrons. The molecule has 7 heteroatoms. The molecule has 2 aliphatic heterocycles. The lowest BCUT2D eigenvalue weighted by atomic mass is 10.2. The predicted octanol–water partition coefficient (Wildman–Crippen LogP) is 1.76. The van der Waals surface area contributed by atoms with Gasteiger partial charge in [-0.3, -0.25) is 9.69 Å². The Hall–Kier alpha value is -2.05. The molecule has 0 spiro atoms. The number of hydrogen-bond donors (Lipinski definition) is 0. The molecule has 0 aliphatic carbocycles. The number of benzene rings is 1. The molecule has 23 heavy (non-hydrogen) atoms. The molecule has 2 heterocycles. The van der Waals surface area contributed by atoms with Gasteiger partial charge in [0, 0.05) is 26.2 Å². The summed E-state index contributed by atoms with van der Waals surface area (Å²) in [6.45, 7) is 6.29. The lowest BCUT2D eigenvalue weighted by Crippen LogP contribution is -2.52. The SMILES string of the molecule is C=CCN1CCN2C(=O)N(c3ccccc3OC)C(=O)C2C1.Cl. The molecule has 2 fully saturated rings. The van der Waals surface area contributed by atoms with Gasteiger partial charge in [-0.25, -0.2) is 9.69 Å². The second-order valence-electron chi connectivity index (χ2n) is 5.39. The minimum atomic E-state index is -0.425. The zero-order valence-electron chi connectivity index (χ0n) is 13.0. The highest BCUT2D eigenvalue weighted by molar-refractivity contribution is 6.22. The molecule has 3 rings (SSSR count). The summed E-state index contributed by atoms with van der Waals surface area (Å²) in [6, 6.07) is 6.39. The van der Waals surface area contributed by atoms with Crippen LogP contribution in [0, 0.1) is 0 Å². The van der Waals surface area contributed by atoms with E-state index in [0.29, 0.717) is 24.5 Å². The van der Waals surface area contributed by atoms with E-state index in [-0.39, 0.29) is 24.3 Å². The number of carbonyl (C=O) groups is 2. The number of anilines is 1. The summed E-state index contributed by atoms with van der Waals surface area (Å²) in [7, 11) is 1.53. The summed E-state index contributed by atoms with van der Waals surface area (Å²) in [6.07, 6.45) is 1.81. The van der Waals surface area contributed by atoms with Crippen LogP contribution in [0.25, 0.3) is 0 Å². The van der Waals surface area contributed by atoms with E-state index in [0.717, 1.165) is 13.1 Å². The van der Waals surface area contributed by atoms with Gasteiger partial charge in [0.1, 0.15) is 11.8 Å². The van der Waals surface area contributed by atoms with Crippen molar-refractivity contribution in [3.05, 3.63) is 36.9 Å². The first kappa shape index (κ1) is 17.3. The number of urea groups is 1. The molecule has 0 N–H and O–H groups in total. The minimum Gasteiger partial charge on any atom is -0.495 e. The van der Waals surface area contributed by atoms with Crippen molar-refractivity contribution < 1.29 is 14.3 Å². The van der Waals surface area contributed by atoms with Crippen LogP contribution in [0.1, 0.15) is 0 Å². The van der Waals surface area contributed by atoms with Crippen LogP contribution in [-0.4, -0.2) is 61.1 Å². The molecule has 3 amide bonds. The summed E-state index contributed by atoms with van der Waals surface area (Å²) in [4.78, 5) is 30.4. The first-order valence-corrected chi connectivity index (χ1v) is 7.28. The Labute approximate surface area is 141 Å². The Bertz CT molecular complexity index is 622. The van der Waals surface area contributed by atoms with Gasteiger partial charge < -0.3 is 9.64 Å². The Morgan fingerprint density at radius 1 is 1.30 bits per heavy atom. The van der Waals surface area contributed by atoms with E-state index >= 15 is 0 Å². The van der Waals surface area contributed by atoms with Crippen molar-refractivity contribution >= 4 is 30.0 Å². The standard InChI is InChI=1S/C16H19N3O3.ClH/c1-3-8-17-9-10-18-13(11-17)15(20)19(16(18)21)12-6-4-5-7-14(12)22-2;/h3-7,13H,1,8-11H2,2H3;1H. The molecule has 2 aliphatic rings. The number of methoxy groups -OCH3 is 1. The number of amides is 3. The average Bonchev–Trinajstić information content (AvgIpc) is 2.79. The number of imide groups is 1. The fourth-order valence-electron chi connectivity index (χ4n) is 3.04. The largest absolute Gasteiger partial charge is 0.495 e. The summed E-state index contributed by atoms with van der Waals surface area (Å²) in [5.74, 6) is 0.329. The van der Waals surface area contributed by atoms with Crippen molar-refractivity contribution in [2.24, 2.45) is 0 Å². The van der Waals surface area contributed by atoms with Crippen molar-refractivity contribution in [1.29, 1.82) is 0 Å². The third-order valence-corrected chi connectivity index (χ3v) is 4.12. The highest BCUT2D eigenvalue weighted by Gasteiger charge is 2.48. The second kappa shape index (κ2) is 7.02. The number of halogens is 1. The normalized spacial score (nSPS) is 21.0. The van der Waals surface area contributed by atoms with Gasteiger partial charge in [0.05, 0.1) is 12.8 Å². The van der Waals surface area contributed by atoms with Crippen molar-refractivity contribution in [2.75, 3.05) is 38.2 Å². The van der Waals surface area contributed by atoms with Gasteiger partial charge in [-0.05, 0) is 12.1 Å². The van der Waals surface area contributed by atoms with Crippen LogP contribution in [0.2, 0.25) is 0 Å². The maximum absolute atomic E-state index is 12.7. The number of rotatable bonds is 4. The number of nitrogens with zero attached hydrogens (tertiary/aromatic N) is 3. The molecular formula is C16H20ClN3O3. The third-order valence-electron chi connectivity index (χ3n) is 4.12. The Balaban J connectivity index is 0.00000192. The fourth-order valence-corrected chi connectivity index (χ4v) is 3.04. The van der Waals surface area contributed by atoms with E-state index in [1.165, 1.54) is 12.0 Å². The van der Waals surface area contributed by atoms with Gasteiger partial charge in [0.15, 0.2) is 0 Å². The van der Waals surface area contributed by atoms with Crippen molar-refractivity contribution in [3.63, 3.8) is 0 Å². The van der Waals surface area contributed by atoms with Crippen LogP contribution in [0.15, 0.2) is 36.9 Å². The molecule has 0 bridgehead atoms. The Morgan fingerprint density at radius 2 is 2.04 bits per heavy atom. The highest BCUT2D eigenvalue weighted by atomic mass is 35.5. The summed E-state index contributed by atoms with van der Waals surface area (Å²) >= 11 is 0. The first-order valence-electron chi connectivity index (χ1n) is 7.28. The number of fused-ring (bicyclic) bond motifs is 1. The van der Waals surface area contributed by atoms with Gasteiger partial charge in [0.25, 0.3) is 5.91 Å². The van der Waals surface area contributed by atoms with Crippen molar-refractivity contribution in [3.8, 4) is 5.75 Å². The van der Waals surface area contributed by atoms with E-state index in [9.17, 15) is 9.59 Å². The van der Waals surface area contributed by atoms with Crippen LogP contribution in [-0.2, 0) is 4.79 Å². The topological polar surface area (TPSA) is 53.1 Å². The maximum atomic E-state index is 12.7. The molecule has 2 saturated heterocycles. The number of hydrogen-bond acceptors (Lipinski definition) is 4. The summed E-state index contributed by atoms with van der Waals surface area (Å²) in [5, 5.41) is 0. The van der Waals surface area contributed by atoms with Crippen LogP contribution in [0.4, 0.5) is 10.5 Å². The van der Waals surface area contributed by atoms with Crippen molar-refractivity contribution in [1.82, 2.24) is 9.80 Å². The van der Waals surface area contributed by atoms with E-state index in [4.69, 9.17) is 4.74 Å². The van der Waals surface area contributed by atoms with Crippen LogP contribution < -0.4 is 9.64 Å². The van der Waals surface area contributed by atoms with E-state index in [1.54, 1.807) is 23.1 Å². The predicted molar refractivity (Wildman–Crippen MR) is 90.3 cm³/mol. The molecule has 0 radical (unpaired) electrons. The van der Waals surface area contributed by atoms with Crippen LogP contribution in [0.5, 0.6) is 5.75 Å². The van der Waals surface area contributed by atoms with Gasteiger partial charge in [-0.1, -0.05) is 18.2 Å². The lowest BCUT2D eigenvalue weighted by Gasteiger charge is -2.34. The quantitative estimate of drug-likeness (QED) is 0.620. The summed E-state index contributed by atoms with van der Waals surface area (Å²) in [5.41, 5.74) is 0.504. The maximum Gasteiger partial charge on any atom is 0.332 e. The molecule has 1 aromatic carbocycles. The minimum absolute atomic E-state index is 0. The summed E-state index contributed by atoms with van der Waals surface area (Å²) < 4.78 is 5.28. The number of carbonyl (C=O) groups excluding carboxylic acids is 2. The van der Waals surface area contributed by atoms with Gasteiger partial charge >= 0.3 is 6.03 Å². The molecule has 0 aromatic heterocycles. The van der Waals surface area contributed by atoms with Gasteiger partial charge in [-0.2, -0.15) is 0 Å². The molecule has 1 aromatic rings. The van der Waals surface area contributed by atoms with E-state index in [2.05, 4.69) is 11.5 Å². The molecular weight excluding hydrogens is 318 g/mol. The molecule has 1 atom stereocenters. The number of para-hydroxylation sites is 2.